The van der Waals surface area contributed by atoms with E-state index in [-0.39, 0.29) is 12.1 Å². The van der Waals surface area contributed by atoms with Crippen molar-refractivity contribution in [1.29, 1.82) is 0 Å². The minimum Gasteiger partial charge on any atom is -0.466 e. The van der Waals surface area contributed by atoms with Gasteiger partial charge < -0.3 is 9.47 Å². The van der Waals surface area contributed by atoms with E-state index in [1.807, 2.05) is 13.8 Å². The van der Waals surface area contributed by atoms with Crippen molar-refractivity contribution in [3.8, 4) is 0 Å². The minimum absolute atomic E-state index is 0.192. The fourth-order valence-electron chi connectivity index (χ4n) is 1.08. The highest BCUT2D eigenvalue weighted by molar-refractivity contribution is 5.88. The van der Waals surface area contributed by atoms with E-state index >= 15 is 0 Å². The maximum absolute atomic E-state index is 11.1. The first-order valence-electron chi connectivity index (χ1n) is 4.56. The van der Waals surface area contributed by atoms with Crippen molar-refractivity contribution in [2.75, 3.05) is 13.7 Å². The van der Waals surface area contributed by atoms with Crippen LogP contribution in [-0.4, -0.2) is 25.8 Å². The normalized spacial score (nSPS) is 12.2. The summed E-state index contributed by atoms with van der Waals surface area (Å²) >= 11 is 0. The molecule has 0 bridgehead atoms. The third kappa shape index (κ3) is 4.08. The maximum atomic E-state index is 11.1. The fourth-order valence-corrected chi connectivity index (χ4v) is 1.08. The van der Waals surface area contributed by atoms with E-state index < -0.39 is 0 Å². The molecule has 1 unspecified atom stereocenters. The number of carbonyl (C=O) groups excluding carboxylic acids is 1. The third-order valence-electron chi connectivity index (χ3n) is 1.75. The number of methoxy groups -OCH3 is 1. The van der Waals surface area contributed by atoms with Gasteiger partial charge in [0.2, 0.25) is 0 Å². The molecule has 0 fully saturated rings. The summed E-state index contributed by atoms with van der Waals surface area (Å²) in [5.41, 5.74) is 0.409. The van der Waals surface area contributed by atoms with Crippen molar-refractivity contribution < 1.29 is 14.3 Å². The average Bonchev–Trinajstić information content (AvgIpc) is 2.15. The molecule has 0 heterocycles. The van der Waals surface area contributed by atoms with Gasteiger partial charge in [-0.2, -0.15) is 0 Å². The van der Waals surface area contributed by atoms with Gasteiger partial charge in [0.1, 0.15) is 0 Å². The number of hydrogen-bond acceptors (Lipinski definition) is 3. The van der Waals surface area contributed by atoms with Crippen molar-refractivity contribution in [2.24, 2.45) is 0 Å². The van der Waals surface area contributed by atoms with Gasteiger partial charge in [0.05, 0.1) is 18.8 Å². The van der Waals surface area contributed by atoms with Crippen LogP contribution in [0.25, 0.3) is 0 Å². The summed E-state index contributed by atoms with van der Waals surface area (Å²) in [5.74, 6) is -0.382. The first kappa shape index (κ1) is 12.2. The molecule has 0 aliphatic rings. The van der Waals surface area contributed by atoms with Gasteiger partial charge >= 0.3 is 5.97 Å². The summed E-state index contributed by atoms with van der Waals surface area (Å²) in [6, 6.07) is 0. The Morgan fingerprint density at radius 2 is 2.08 bits per heavy atom. The lowest BCUT2D eigenvalue weighted by Gasteiger charge is -2.16. The van der Waals surface area contributed by atoms with Crippen LogP contribution >= 0.6 is 0 Å². The van der Waals surface area contributed by atoms with Crippen molar-refractivity contribution in [3.63, 3.8) is 0 Å². The second-order valence-corrected chi connectivity index (χ2v) is 2.75. The summed E-state index contributed by atoms with van der Waals surface area (Å²) in [6.45, 7) is 8.18. The number of carbonyl (C=O) groups is 1. The second-order valence-electron chi connectivity index (χ2n) is 2.75. The summed E-state index contributed by atoms with van der Waals surface area (Å²) in [6.07, 6.45) is 1.57. The molecule has 0 rings (SSSR count). The summed E-state index contributed by atoms with van der Waals surface area (Å²) in [7, 11) is 1.35. The van der Waals surface area contributed by atoms with Crippen molar-refractivity contribution in [1.82, 2.24) is 0 Å². The van der Waals surface area contributed by atoms with Gasteiger partial charge in [0.15, 0.2) is 0 Å². The molecule has 0 radical (unpaired) electrons. The zero-order valence-corrected chi connectivity index (χ0v) is 8.63. The molecule has 0 spiro atoms. The Kier molecular flexibility index (Phi) is 6.24. The molecular formula is C10H18O3. The first-order chi connectivity index (χ1) is 6.17. The lowest BCUT2D eigenvalue weighted by molar-refractivity contribution is -0.137. The molecule has 0 amide bonds. The number of esters is 1. The van der Waals surface area contributed by atoms with Gasteiger partial charge in [0.25, 0.3) is 0 Å². The molecule has 3 heteroatoms. The van der Waals surface area contributed by atoms with Crippen molar-refractivity contribution >= 4 is 5.97 Å². The van der Waals surface area contributed by atoms with E-state index in [4.69, 9.17) is 4.74 Å². The van der Waals surface area contributed by atoms with Crippen LogP contribution in [0, 0.1) is 0 Å². The van der Waals surface area contributed by atoms with Crippen LogP contribution in [-0.2, 0) is 14.3 Å². The number of rotatable bonds is 6. The van der Waals surface area contributed by atoms with Gasteiger partial charge in [-0.25, -0.2) is 4.79 Å². The van der Waals surface area contributed by atoms with Crippen molar-refractivity contribution in [3.05, 3.63) is 12.2 Å². The van der Waals surface area contributed by atoms with Gasteiger partial charge in [-0.15, -0.1) is 0 Å². The molecule has 0 aliphatic heterocycles. The molecule has 13 heavy (non-hydrogen) atoms. The summed E-state index contributed by atoms with van der Waals surface area (Å²) in [5, 5.41) is 0. The van der Waals surface area contributed by atoms with Crippen LogP contribution in [0.15, 0.2) is 12.2 Å². The van der Waals surface area contributed by atoms with E-state index in [0.29, 0.717) is 12.2 Å². The standard InChI is InChI=1S/C10H18O3/c1-5-7-9(13-6-2)8(3)10(11)12-4/h9H,3,5-7H2,1-2,4H3. The molecule has 0 saturated heterocycles. The topological polar surface area (TPSA) is 35.5 Å². The van der Waals surface area contributed by atoms with Crippen LogP contribution in [0.2, 0.25) is 0 Å². The number of hydrogen-bond donors (Lipinski definition) is 0. The predicted molar refractivity (Wildman–Crippen MR) is 51.5 cm³/mol. The summed E-state index contributed by atoms with van der Waals surface area (Å²) < 4.78 is 9.93. The zero-order chi connectivity index (χ0) is 10.3. The van der Waals surface area contributed by atoms with Gasteiger partial charge in [-0.05, 0) is 13.3 Å². The maximum Gasteiger partial charge on any atom is 0.335 e. The van der Waals surface area contributed by atoms with E-state index in [0.717, 1.165) is 12.8 Å². The van der Waals surface area contributed by atoms with Gasteiger partial charge in [0, 0.05) is 6.61 Å². The molecular weight excluding hydrogens is 168 g/mol. The SMILES string of the molecule is C=C(C(=O)OC)C(CCC)OCC. The molecule has 0 saturated carbocycles. The zero-order valence-electron chi connectivity index (χ0n) is 8.63. The van der Waals surface area contributed by atoms with E-state index in [2.05, 4.69) is 11.3 Å². The molecule has 0 N–H and O–H groups in total. The highest BCUT2D eigenvalue weighted by Crippen LogP contribution is 2.12. The lowest BCUT2D eigenvalue weighted by atomic mass is 10.1. The average molecular weight is 186 g/mol. The highest BCUT2D eigenvalue weighted by atomic mass is 16.5. The highest BCUT2D eigenvalue weighted by Gasteiger charge is 2.18. The van der Waals surface area contributed by atoms with E-state index in [1.54, 1.807) is 0 Å². The van der Waals surface area contributed by atoms with E-state index in [9.17, 15) is 4.79 Å². The lowest BCUT2D eigenvalue weighted by Crippen LogP contribution is -2.21. The predicted octanol–water partition coefficient (Wildman–Crippen LogP) is 1.92. The minimum atomic E-state index is -0.382. The molecule has 0 aliphatic carbocycles. The smallest absolute Gasteiger partial charge is 0.335 e. The largest absolute Gasteiger partial charge is 0.466 e. The monoisotopic (exact) mass is 186 g/mol. The Morgan fingerprint density at radius 3 is 2.46 bits per heavy atom. The quantitative estimate of drug-likeness (QED) is 0.469. The molecule has 0 aromatic carbocycles. The van der Waals surface area contributed by atoms with Crippen LogP contribution in [0.3, 0.4) is 0 Å². The van der Waals surface area contributed by atoms with Gasteiger partial charge in [-0.3, -0.25) is 0 Å². The van der Waals surface area contributed by atoms with Crippen LogP contribution in [0.5, 0.6) is 0 Å². The van der Waals surface area contributed by atoms with Crippen LogP contribution in [0.1, 0.15) is 26.7 Å². The Balaban J connectivity index is 4.18. The first-order valence-corrected chi connectivity index (χ1v) is 4.56. The number of ether oxygens (including phenoxy) is 2. The third-order valence-corrected chi connectivity index (χ3v) is 1.75. The molecule has 3 nitrogen and oxygen atoms in total. The van der Waals surface area contributed by atoms with Crippen LogP contribution in [0.4, 0.5) is 0 Å². The van der Waals surface area contributed by atoms with E-state index in [1.165, 1.54) is 7.11 Å². The molecule has 0 aromatic rings. The Morgan fingerprint density at radius 1 is 1.46 bits per heavy atom. The Labute approximate surface area is 79.7 Å². The van der Waals surface area contributed by atoms with Crippen molar-refractivity contribution in [2.45, 2.75) is 32.8 Å². The fraction of sp³-hybridized carbons (Fsp3) is 0.700. The Hall–Kier alpha value is -0.830. The second kappa shape index (κ2) is 6.66. The Bertz CT molecular complexity index is 169. The molecule has 0 aromatic heterocycles. The van der Waals surface area contributed by atoms with Gasteiger partial charge in [-0.1, -0.05) is 19.9 Å². The molecule has 1 atom stereocenters. The summed E-state index contributed by atoms with van der Waals surface area (Å²) in [4.78, 5) is 11.1. The van der Waals surface area contributed by atoms with Crippen LogP contribution < -0.4 is 0 Å². The molecule has 76 valence electrons.